The first-order valence-electron chi connectivity index (χ1n) is 22.9. The maximum atomic E-state index is 14.2. The van der Waals surface area contributed by atoms with Crippen LogP contribution in [-0.2, 0) is 56.0 Å². The maximum Gasteiger partial charge on any atom is 0.416 e. The molecule has 82 heavy (non-hydrogen) atoms. The van der Waals surface area contributed by atoms with E-state index < -0.39 is 201 Å². The predicted octanol–water partition coefficient (Wildman–Crippen LogP) is 15.0. The molecule has 1 heterocycles. The molecule has 438 valence electrons. The van der Waals surface area contributed by atoms with Crippen molar-refractivity contribution in [2.24, 2.45) is 0 Å². The Morgan fingerprint density at radius 1 is 0.439 bits per heavy atom. The third-order valence-electron chi connectivity index (χ3n) is 12.4. The average Bonchev–Trinajstić information content (AvgIpc) is 1.08. The average molecular weight is 1200 g/mol. The lowest BCUT2D eigenvalue weighted by atomic mass is 9.12. The van der Waals surface area contributed by atoms with Crippen LogP contribution in [0.25, 0.3) is 0 Å². The summed E-state index contributed by atoms with van der Waals surface area (Å²) in [5.74, 6) is 0.506. The molecule has 29 heteroatoms. The molecule has 0 N–H and O–H groups in total. The third kappa shape index (κ3) is 15.0. The maximum absolute atomic E-state index is 14.2. The zero-order valence-electron chi connectivity index (χ0n) is 41.0. The van der Waals surface area contributed by atoms with E-state index in [4.69, 9.17) is 4.74 Å². The number of halogens is 24. The van der Waals surface area contributed by atoms with Crippen molar-refractivity contribution in [1.82, 2.24) is 4.98 Å². The van der Waals surface area contributed by atoms with Gasteiger partial charge in [0.15, 0.2) is 12.7 Å². The molecule has 7 aromatic rings. The normalized spacial score (nSPS) is 13.2. The minimum absolute atomic E-state index is 0.284. The van der Waals surface area contributed by atoms with Crippen LogP contribution in [0.3, 0.4) is 0 Å². The molecule has 7 rings (SSSR count). The molecule has 0 spiro atoms. The van der Waals surface area contributed by atoms with Crippen molar-refractivity contribution in [2.45, 2.75) is 75.7 Å². The van der Waals surface area contributed by atoms with Gasteiger partial charge in [-0.25, -0.2) is 9.78 Å². The summed E-state index contributed by atoms with van der Waals surface area (Å²) >= 11 is 0. The number of carbonyl (C=O) groups excluding carboxylic acids is 1. The predicted molar refractivity (Wildman–Crippen MR) is 246 cm³/mol. The van der Waals surface area contributed by atoms with E-state index in [-0.39, 0.29) is 5.69 Å². The molecular weight excluding hydrogens is 1160 g/mol. The van der Waals surface area contributed by atoms with Crippen LogP contribution in [0.5, 0.6) is 5.75 Å². The molecule has 0 saturated heterocycles. The highest BCUT2D eigenvalue weighted by atomic mass is 19.4. The molecule has 6 aromatic carbocycles. The Bertz CT molecular complexity index is 2970. The number of ether oxygens (including phenoxy) is 1. The topological polar surface area (TPSA) is 43.1 Å². The zero-order chi connectivity index (χ0) is 61.6. The fourth-order valence-corrected chi connectivity index (χ4v) is 8.58. The van der Waals surface area contributed by atoms with Crippen LogP contribution < -0.4 is 31.2 Å². The Balaban J connectivity index is 0.000000357. The fourth-order valence-electron chi connectivity index (χ4n) is 8.58. The lowest BCUT2D eigenvalue weighted by Crippen LogP contribution is -2.75. The quantitative estimate of drug-likeness (QED) is 0.0476. The van der Waals surface area contributed by atoms with Gasteiger partial charge in [0.2, 0.25) is 11.9 Å². The summed E-state index contributed by atoms with van der Waals surface area (Å²) in [6, 6.07) is 8.82. The Labute approximate surface area is 446 Å². The first-order valence-corrected chi connectivity index (χ1v) is 22.9. The monoisotopic (exact) mass is 1200 g/mol. The van der Waals surface area contributed by atoms with Gasteiger partial charge in [0, 0.05) is 5.56 Å². The minimum atomic E-state index is -6.13. The molecule has 0 amide bonds. The van der Waals surface area contributed by atoms with Crippen LogP contribution in [0.1, 0.15) is 85.9 Å². The second-order valence-electron chi connectivity index (χ2n) is 18.4. The Morgan fingerprint density at radius 3 is 1.00 bits per heavy atom. The number of alkyl halides is 24. The third-order valence-corrected chi connectivity index (χ3v) is 12.4. The molecular formula is C53H33BF24N2O2. The van der Waals surface area contributed by atoms with E-state index in [1.54, 1.807) is 12.4 Å². The van der Waals surface area contributed by atoms with Gasteiger partial charge >= 0.3 is 55.4 Å². The minimum Gasteiger partial charge on any atom is -0.422 e. The molecule has 0 radical (unpaired) electrons. The highest BCUT2D eigenvalue weighted by Gasteiger charge is 2.47. The number of esters is 1. The molecule has 0 bridgehead atoms. The van der Waals surface area contributed by atoms with Crippen molar-refractivity contribution in [1.29, 1.82) is 0 Å². The molecule has 0 aliphatic heterocycles. The SMILES string of the molecule is CC(C)c1ccc(OC(=O)c2c[n+](Cc3ccccc3)ccn2)cc1.FC(F)(F)c1cc([B-](c2cc(C(F)(F)F)cc(C(F)(F)F)c2)(c2cc(C(F)(F)F)cc(C(F)(F)F)c2)c2cc(C(F)(F)F)cc(C(F)(F)F)c2)cc(C(F)(F)F)c1. The number of rotatable bonds is 9. The van der Waals surface area contributed by atoms with Crippen LogP contribution in [0, 0.1) is 0 Å². The van der Waals surface area contributed by atoms with Crippen LogP contribution >= 0.6 is 0 Å². The lowest BCUT2D eigenvalue weighted by Gasteiger charge is -2.46. The molecule has 1 aromatic heterocycles. The van der Waals surface area contributed by atoms with Crippen molar-refractivity contribution in [3.05, 3.63) is 207 Å². The number of benzene rings is 6. The Morgan fingerprint density at radius 2 is 0.732 bits per heavy atom. The molecule has 0 aliphatic rings. The van der Waals surface area contributed by atoms with Gasteiger partial charge < -0.3 is 4.74 Å². The second-order valence-corrected chi connectivity index (χ2v) is 18.4. The van der Waals surface area contributed by atoms with Crippen molar-refractivity contribution >= 4 is 34.0 Å². The van der Waals surface area contributed by atoms with Gasteiger partial charge in [-0.3, -0.25) is 0 Å². The first-order chi connectivity index (χ1) is 37.4. The van der Waals surface area contributed by atoms with Crippen molar-refractivity contribution < 1.29 is 119 Å². The smallest absolute Gasteiger partial charge is 0.416 e. The molecule has 0 saturated carbocycles. The molecule has 4 nitrogen and oxygen atoms in total. The van der Waals surface area contributed by atoms with Gasteiger partial charge in [0.25, 0.3) is 0 Å². The van der Waals surface area contributed by atoms with Crippen molar-refractivity contribution in [3.63, 3.8) is 0 Å². The molecule has 0 unspecified atom stereocenters. The Hall–Kier alpha value is -7.75. The van der Waals surface area contributed by atoms with Crippen molar-refractivity contribution in [3.8, 4) is 5.75 Å². The van der Waals surface area contributed by atoms with Gasteiger partial charge in [0.1, 0.15) is 11.9 Å². The second kappa shape index (κ2) is 22.5. The largest absolute Gasteiger partial charge is 0.422 e. The fraction of sp³-hybridized carbons (Fsp3) is 0.226. The number of aromatic nitrogens is 2. The summed E-state index contributed by atoms with van der Waals surface area (Å²) in [7, 11) is 0. The van der Waals surface area contributed by atoms with Gasteiger partial charge in [0.05, 0.1) is 50.7 Å². The standard InChI is InChI=1S/C32H12BF24.C21H21N2O2/c34-25(35,36)13-1-14(26(37,38)39)6-21(5-13)33(22-7-15(27(40,41)42)2-16(8-22)28(43,44)45,23-9-17(29(46,47)48)3-18(10-23)30(49,50)51)24-11-19(31(52,53)54)4-20(12-24)32(55,56)57;1-16(2)18-8-10-19(11-9-18)25-21(24)20-15-23(13-12-22-20)14-17-6-4-3-5-7-17/h1-12H;3-13,15-16H,14H2,1-2H3/q-1;+1. The number of hydrogen-bond donors (Lipinski definition) is 0. The van der Waals surface area contributed by atoms with E-state index in [2.05, 4.69) is 18.8 Å². The highest BCUT2D eigenvalue weighted by molar-refractivity contribution is 7.20. The van der Waals surface area contributed by atoms with Crippen LogP contribution in [-0.4, -0.2) is 17.1 Å². The summed E-state index contributed by atoms with van der Waals surface area (Å²) in [6.07, 6.45) is -49.7. The van der Waals surface area contributed by atoms with Gasteiger partial charge in [-0.05, 0) is 47.9 Å². The van der Waals surface area contributed by atoms with E-state index in [0.29, 0.717) is 18.2 Å². The zero-order valence-corrected chi connectivity index (χ0v) is 41.0. The Kier molecular flexibility index (Phi) is 17.4. The van der Waals surface area contributed by atoms with E-state index >= 15 is 0 Å². The number of carbonyl (C=O) groups is 1. The van der Waals surface area contributed by atoms with Crippen molar-refractivity contribution in [2.75, 3.05) is 0 Å². The lowest BCUT2D eigenvalue weighted by molar-refractivity contribution is -0.689. The van der Waals surface area contributed by atoms with Crippen LogP contribution in [0.4, 0.5) is 105 Å². The molecule has 0 aliphatic carbocycles. The summed E-state index contributed by atoms with van der Waals surface area (Å²) < 4.78 is 348. The van der Waals surface area contributed by atoms with E-state index in [1.165, 1.54) is 5.56 Å². The van der Waals surface area contributed by atoms with E-state index in [9.17, 15) is 110 Å². The summed E-state index contributed by atoms with van der Waals surface area (Å²) in [4.78, 5) is 16.5. The summed E-state index contributed by atoms with van der Waals surface area (Å²) in [5.41, 5.74) is -27.6. The first kappa shape index (κ1) is 63.4. The number of nitrogens with zero attached hydrogens (tertiary/aromatic N) is 2. The van der Waals surface area contributed by atoms with Crippen LogP contribution in [0.2, 0.25) is 0 Å². The molecule has 0 fully saturated rings. The van der Waals surface area contributed by atoms with Gasteiger partial charge in [-0.2, -0.15) is 132 Å². The van der Waals surface area contributed by atoms with Gasteiger partial charge in [-0.1, -0.05) is 105 Å². The number of hydrogen-bond acceptors (Lipinski definition) is 3. The van der Waals surface area contributed by atoms with Gasteiger partial charge in [-0.15, -0.1) is 0 Å². The molecule has 0 atom stereocenters. The van der Waals surface area contributed by atoms with E-state index in [1.807, 2.05) is 65.4 Å². The summed E-state index contributed by atoms with van der Waals surface area (Å²) in [5, 5.41) is 0. The van der Waals surface area contributed by atoms with E-state index in [0.717, 1.165) is 5.56 Å². The summed E-state index contributed by atoms with van der Waals surface area (Å²) in [6.45, 7) is 4.92. The highest BCUT2D eigenvalue weighted by Crippen LogP contribution is 2.41. The van der Waals surface area contributed by atoms with Crippen LogP contribution in [0.15, 0.2) is 146 Å².